The predicted molar refractivity (Wildman–Crippen MR) is 119 cm³/mol. The Labute approximate surface area is 178 Å². The first kappa shape index (κ1) is 21.6. The van der Waals surface area contributed by atoms with E-state index in [9.17, 15) is 9.18 Å². The average Bonchev–Trinajstić information content (AvgIpc) is 2.70. The second-order valence-electron chi connectivity index (χ2n) is 7.59. The molecule has 0 amide bonds. The van der Waals surface area contributed by atoms with Gasteiger partial charge in [0.05, 0.1) is 18.3 Å². The Hall–Kier alpha value is -3.15. The van der Waals surface area contributed by atoms with Gasteiger partial charge in [0.1, 0.15) is 12.1 Å². The lowest BCUT2D eigenvalue weighted by Crippen LogP contribution is -2.38. The minimum atomic E-state index is -0.234. The van der Waals surface area contributed by atoms with Crippen molar-refractivity contribution in [2.24, 2.45) is 4.99 Å². The Morgan fingerprint density at radius 2 is 2.17 bits per heavy atom. The highest BCUT2D eigenvalue weighted by Gasteiger charge is 2.26. The second kappa shape index (κ2) is 9.11. The van der Waals surface area contributed by atoms with Gasteiger partial charge in [-0.15, -0.1) is 0 Å². The minimum Gasteiger partial charge on any atom is -0.378 e. The van der Waals surface area contributed by atoms with Gasteiger partial charge in [0.25, 0.3) is 0 Å². The molecule has 2 aliphatic rings. The molecule has 158 valence electrons. The monoisotopic (exact) mass is 408 g/mol. The summed E-state index contributed by atoms with van der Waals surface area (Å²) in [6.45, 7) is 13.8. The highest BCUT2D eigenvalue weighted by molar-refractivity contribution is 6.02. The Bertz CT molecular complexity index is 973. The van der Waals surface area contributed by atoms with Crippen LogP contribution in [-0.2, 0) is 11.3 Å². The molecule has 0 fully saturated rings. The molecule has 1 aromatic rings. The maximum Gasteiger partial charge on any atom is 0.156 e. The molecule has 1 unspecified atom stereocenters. The van der Waals surface area contributed by atoms with Gasteiger partial charge in [-0.1, -0.05) is 12.6 Å². The van der Waals surface area contributed by atoms with E-state index in [0.29, 0.717) is 19.6 Å². The quantitative estimate of drug-likeness (QED) is 0.660. The van der Waals surface area contributed by atoms with Crippen LogP contribution in [0.3, 0.4) is 0 Å². The summed E-state index contributed by atoms with van der Waals surface area (Å²) >= 11 is 0. The van der Waals surface area contributed by atoms with Crippen molar-refractivity contribution in [3.05, 3.63) is 82.7 Å². The number of carbonyl (C=O) groups excluding carboxylic acids is 1. The summed E-state index contributed by atoms with van der Waals surface area (Å²) in [5.74, 6) is 0.610. The molecule has 0 bridgehead atoms. The molecule has 2 heterocycles. The van der Waals surface area contributed by atoms with Gasteiger partial charge in [0.15, 0.2) is 5.84 Å². The van der Waals surface area contributed by atoms with E-state index in [1.165, 1.54) is 12.1 Å². The summed E-state index contributed by atoms with van der Waals surface area (Å²) in [6, 6.07) is 4.89. The third-order valence-corrected chi connectivity index (χ3v) is 5.39. The van der Waals surface area contributed by atoms with Gasteiger partial charge < -0.3 is 19.9 Å². The largest absolute Gasteiger partial charge is 0.378 e. The number of likely N-dealkylation sites (N-methyl/N-ethyl adjacent to an activating group) is 1. The number of aliphatic imine (C=N–C) groups is 1. The van der Waals surface area contributed by atoms with E-state index in [1.807, 2.05) is 31.0 Å². The van der Waals surface area contributed by atoms with Gasteiger partial charge in [-0.25, -0.2) is 4.39 Å². The van der Waals surface area contributed by atoms with Crippen LogP contribution in [0.5, 0.6) is 0 Å². The fourth-order valence-electron chi connectivity index (χ4n) is 3.69. The van der Waals surface area contributed by atoms with Crippen molar-refractivity contribution in [3.63, 3.8) is 0 Å². The van der Waals surface area contributed by atoms with Gasteiger partial charge in [-0.3, -0.25) is 4.99 Å². The first-order valence-corrected chi connectivity index (χ1v) is 10.2. The van der Waals surface area contributed by atoms with Crippen molar-refractivity contribution in [2.45, 2.75) is 40.3 Å². The lowest BCUT2D eigenvalue weighted by Gasteiger charge is -2.35. The Morgan fingerprint density at radius 3 is 2.83 bits per heavy atom. The molecule has 0 spiro atoms. The summed E-state index contributed by atoms with van der Waals surface area (Å²) in [6.07, 6.45) is 7.03. The van der Waals surface area contributed by atoms with Gasteiger partial charge in [-0.05, 0) is 63.1 Å². The number of nitrogens with one attached hydrogen (secondary N) is 1. The molecule has 0 aromatic heterocycles. The van der Waals surface area contributed by atoms with Crippen LogP contribution in [0.2, 0.25) is 0 Å². The maximum atomic E-state index is 13.5. The molecule has 5 nitrogen and oxygen atoms in total. The fourth-order valence-corrected chi connectivity index (χ4v) is 3.69. The lowest BCUT2D eigenvalue weighted by molar-refractivity contribution is -0.108. The number of fused-ring (bicyclic) bond motifs is 1. The van der Waals surface area contributed by atoms with Crippen LogP contribution in [0.1, 0.15) is 31.9 Å². The van der Waals surface area contributed by atoms with Crippen molar-refractivity contribution >= 4 is 12.1 Å². The molecule has 30 heavy (non-hydrogen) atoms. The van der Waals surface area contributed by atoms with E-state index in [1.54, 1.807) is 6.07 Å². The standard InChI is InChI=1S/C24H29FN4O/c1-6-28(9-10-30)19(5)21-13-23(24-27-17(3)12-18(4)29(24)15-21)26-14-20-7-8-22(25)11-16(20)2/h7-8,10-13,15,17,26H,5-6,9,14H2,1-4H3. The zero-order valence-corrected chi connectivity index (χ0v) is 18.1. The van der Waals surface area contributed by atoms with Gasteiger partial charge in [0, 0.05) is 36.3 Å². The number of aldehydes is 1. The number of aryl methyl sites for hydroxylation is 1. The number of hydrogen-bond donors (Lipinski definition) is 1. The van der Waals surface area contributed by atoms with Gasteiger partial charge in [0.2, 0.25) is 0 Å². The number of allylic oxidation sites excluding steroid dienone is 2. The summed E-state index contributed by atoms with van der Waals surface area (Å²) in [7, 11) is 0. The summed E-state index contributed by atoms with van der Waals surface area (Å²) in [5.41, 5.74) is 5.58. The number of nitrogens with zero attached hydrogens (tertiary/aromatic N) is 3. The molecule has 1 aromatic carbocycles. The molecule has 2 aliphatic heterocycles. The summed E-state index contributed by atoms with van der Waals surface area (Å²) in [5, 5.41) is 3.48. The normalized spacial score (nSPS) is 17.9. The SMILES string of the molecule is C=C(C1=CN2C(C)=CC(C)N=C2C(NCc2ccc(F)cc2C)=C1)N(CC)CC=O. The molecule has 1 atom stereocenters. The fraction of sp³-hybridized carbons (Fsp3) is 0.333. The smallest absolute Gasteiger partial charge is 0.156 e. The third kappa shape index (κ3) is 4.53. The lowest BCUT2D eigenvalue weighted by atomic mass is 10.0. The molecule has 3 rings (SSSR count). The Kier molecular flexibility index (Phi) is 6.55. The van der Waals surface area contributed by atoms with Gasteiger partial charge >= 0.3 is 0 Å². The van der Waals surface area contributed by atoms with Crippen LogP contribution >= 0.6 is 0 Å². The molecule has 6 heteroatoms. The van der Waals surface area contributed by atoms with Crippen molar-refractivity contribution < 1.29 is 9.18 Å². The number of hydrogen-bond acceptors (Lipinski definition) is 5. The molecule has 0 radical (unpaired) electrons. The molecular formula is C24H29FN4O. The predicted octanol–water partition coefficient (Wildman–Crippen LogP) is 4.05. The number of halogens is 1. The van der Waals surface area contributed by atoms with Crippen LogP contribution in [0.25, 0.3) is 0 Å². The summed E-state index contributed by atoms with van der Waals surface area (Å²) < 4.78 is 13.5. The minimum absolute atomic E-state index is 0.0781. The van der Waals surface area contributed by atoms with Crippen LogP contribution < -0.4 is 5.32 Å². The molecule has 0 aliphatic carbocycles. The number of benzene rings is 1. The van der Waals surface area contributed by atoms with Gasteiger partial charge in [-0.2, -0.15) is 0 Å². The van der Waals surface area contributed by atoms with E-state index < -0.39 is 0 Å². The van der Waals surface area contributed by atoms with Crippen molar-refractivity contribution in [2.75, 3.05) is 13.1 Å². The van der Waals surface area contributed by atoms with E-state index in [2.05, 4.69) is 36.7 Å². The van der Waals surface area contributed by atoms with Crippen LogP contribution in [0.4, 0.5) is 4.39 Å². The highest BCUT2D eigenvalue weighted by atomic mass is 19.1. The summed E-state index contributed by atoms with van der Waals surface area (Å²) in [4.78, 5) is 19.9. The molecule has 0 saturated heterocycles. The topological polar surface area (TPSA) is 47.9 Å². The zero-order valence-electron chi connectivity index (χ0n) is 18.1. The molecule has 0 saturated carbocycles. The average molecular weight is 409 g/mol. The highest BCUT2D eigenvalue weighted by Crippen LogP contribution is 2.28. The Morgan fingerprint density at radius 1 is 1.40 bits per heavy atom. The van der Waals surface area contributed by atoms with Crippen molar-refractivity contribution in [1.82, 2.24) is 15.1 Å². The van der Waals surface area contributed by atoms with Crippen molar-refractivity contribution in [1.29, 1.82) is 0 Å². The number of amidine groups is 1. The van der Waals surface area contributed by atoms with Crippen LogP contribution in [-0.4, -0.2) is 41.1 Å². The molecular weight excluding hydrogens is 379 g/mol. The van der Waals surface area contributed by atoms with E-state index in [-0.39, 0.29) is 11.9 Å². The Balaban J connectivity index is 1.93. The zero-order chi connectivity index (χ0) is 21.8. The first-order valence-electron chi connectivity index (χ1n) is 10.2. The van der Waals surface area contributed by atoms with E-state index in [0.717, 1.165) is 45.9 Å². The number of rotatable bonds is 8. The second-order valence-corrected chi connectivity index (χ2v) is 7.59. The van der Waals surface area contributed by atoms with E-state index in [4.69, 9.17) is 4.99 Å². The number of carbonyl (C=O) groups is 1. The first-order chi connectivity index (χ1) is 14.3. The van der Waals surface area contributed by atoms with Crippen molar-refractivity contribution in [3.8, 4) is 0 Å². The van der Waals surface area contributed by atoms with Crippen LogP contribution in [0.15, 0.2) is 70.8 Å². The van der Waals surface area contributed by atoms with Crippen LogP contribution in [0, 0.1) is 12.7 Å². The maximum absolute atomic E-state index is 13.5. The van der Waals surface area contributed by atoms with E-state index >= 15 is 0 Å². The third-order valence-electron chi connectivity index (χ3n) is 5.39. The molecule has 1 N–H and O–H groups in total.